The summed E-state index contributed by atoms with van der Waals surface area (Å²) < 4.78 is 14.8. The van der Waals surface area contributed by atoms with Gasteiger partial charge in [-0.15, -0.1) is 0 Å². The molecule has 0 aliphatic carbocycles. The summed E-state index contributed by atoms with van der Waals surface area (Å²) in [5, 5.41) is 2.26. The van der Waals surface area contributed by atoms with Gasteiger partial charge in [0, 0.05) is 44.6 Å². The summed E-state index contributed by atoms with van der Waals surface area (Å²) in [6.45, 7) is 0. The molecule has 62 heavy (non-hydrogen) atoms. The number of anilines is 3. The summed E-state index contributed by atoms with van der Waals surface area (Å²) in [5.74, 6) is 1.20. The second-order valence-electron chi connectivity index (χ2n) is 15.5. The Kier molecular flexibility index (Phi) is 8.38. The van der Waals surface area contributed by atoms with E-state index in [-0.39, 0.29) is 0 Å². The molecule has 292 valence electrons. The third-order valence-corrected chi connectivity index (χ3v) is 11.7. The number of rotatable bonds is 8. The van der Waals surface area contributed by atoms with Crippen LogP contribution in [0.5, 0.6) is 0 Å². The van der Waals surface area contributed by atoms with Gasteiger partial charge in [0.25, 0.3) is 0 Å². The van der Waals surface area contributed by atoms with Crippen LogP contribution in [0.15, 0.2) is 227 Å². The lowest BCUT2D eigenvalue weighted by atomic mass is 10.0. The third kappa shape index (κ3) is 6.21. The summed E-state index contributed by atoms with van der Waals surface area (Å²) in [6.07, 6.45) is 0. The maximum absolute atomic E-state index is 6.27. The fourth-order valence-corrected chi connectivity index (χ4v) is 8.64. The Balaban J connectivity index is 1.01. The molecule has 0 radical (unpaired) electrons. The van der Waals surface area contributed by atoms with Crippen molar-refractivity contribution in [3.05, 3.63) is 218 Å². The molecule has 0 saturated heterocycles. The first-order valence-corrected chi connectivity index (χ1v) is 20.7. The molecule has 0 atom stereocenters. The molecule has 0 saturated carbocycles. The molecule has 0 aliphatic heterocycles. The Labute approximate surface area is 357 Å². The molecule has 0 aliphatic rings. The van der Waals surface area contributed by atoms with Gasteiger partial charge in [0.1, 0.15) is 11.0 Å². The predicted octanol–water partition coefficient (Wildman–Crippen LogP) is 15.2. The average molecular weight is 797 g/mol. The number of hydrogen-bond donors (Lipinski definition) is 0. The smallest absolute Gasteiger partial charge is 0.227 e. The fraction of sp³-hybridized carbons (Fsp3) is 0. The quantitative estimate of drug-likeness (QED) is 0.153. The Morgan fingerprint density at radius 1 is 0.339 bits per heavy atom. The normalized spacial score (nSPS) is 11.5. The van der Waals surface area contributed by atoms with E-state index in [4.69, 9.17) is 18.8 Å². The first kappa shape index (κ1) is 35.5. The van der Waals surface area contributed by atoms with Gasteiger partial charge in [0.15, 0.2) is 11.2 Å². The molecule has 0 unspecified atom stereocenters. The van der Waals surface area contributed by atoms with Crippen LogP contribution in [-0.4, -0.2) is 14.5 Å². The van der Waals surface area contributed by atoms with E-state index in [9.17, 15) is 0 Å². The van der Waals surface area contributed by atoms with Crippen molar-refractivity contribution in [3.8, 4) is 50.8 Å². The highest BCUT2D eigenvalue weighted by atomic mass is 16.4. The van der Waals surface area contributed by atoms with E-state index in [1.807, 2.05) is 54.6 Å². The summed E-state index contributed by atoms with van der Waals surface area (Å²) >= 11 is 0. The molecule has 0 fully saturated rings. The highest BCUT2D eigenvalue weighted by Crippen LogP contribution is 2.41. The van der Waals surface area contributed by atoms with Crippen molar-refractivity contribution in [2.45, 2.75) is 0 Å². The summed E-state index contributed by atoms with van der Waals surface area (Å²) in [6, 6.07) is 76.1. The highest BCUT2D eigenvalue weighted by molar-refractivity contribution is 6.11. The minimum Gasteiger partial charge on any atom is -0.436 e. The van der Waals surface area contributed by atoms with Crippen molar-refractivity contribution in [3.63, 3.8) is 0 Å². The summed E-state index contributed by atoms with van der Waals surface area (Å²) in [5.41, 5.74) is 16.0. The van der Waals surface area contributed by atoms with Crippen LogP contribution in [0.2, 0.25) is 0 Å². The van der Waals surface area contributed by atoms with Crippen molar-refractivity contribution in [2.24, 2.45) is 0 Å². The van der Waals surface area contributed by atoms with E-state index in [0.717, 1.165) is 89.0 Å². The van der Waals surface area contributed by atoms with Gasteiger partial charge in [-0.1, -0.05) is 109 Å². The van der Waals surface area contributed by atoms with Gasteiger partial charge in [0.2, 0.25) is 11.8 Å². The van der Waals surface area contributed by atoms with E-state index < -0.39 is 0 Å². The number of hydrogen-bond acceptors (Lipinski definition) is 5. The van der Waals surface area contributed by atoms with Crippen molar-refractivity contribution in [1.82, 2.24) is 14.5 Å². The first-order valence-electron chi connectivity index (χ1n) is 20.7. The Morgan fingerprint density at radius 3 is 1.40 bits per heavy atom. The number of oxazole rings is 2. The lowest BCUT2D eigenvalue weighted by Gasteiger charge is -2.26. The number of benzene rings is 9. The van der Waals surface area contributed by atoms with Gasteiger partial charge in [-0.25, -0.2) is 9.97 Å². The average Bonchev–Trinajstić information content (AvgIpc) is 4.07. The van der Waals surface area contributed by atoms with E-state index in [1.54, 1.807) is 0 Å². The van der Waals surface area contributed by atoms with Crippen LogP contribution in [0.4, 0.5) is 17.1 Å². The van der Waals surface area contributed by atoms with E-state index in [0.29, 0.717) is 11.8 Å². The number of nitrogens with zero attached hydrogens (tertiary/aromatic N) is 4. The van der Waals surface area contributed by atoms with Crippen molar-refractivity contribution < 1.29 is 8.83 Å². The largest absolute Gasteiger partial charge is 0.436 e. The SMILES string of the molecule is c1ccc(-c2ccc(N(c3ccc(-c4nc5ccccc5o4)cc3)c3cccc(-n4c5ccc(-c6ccccc6)cc5c5cc(-c6nc7ccccc7o6)ccc54)c3)cc2)cc1. The van der Waals surface area contributed by atoms with Crippen LogP contribution in [0.3, 0.4) is 0 Å². The standard InChI is InChI=1S/C56H36N4O2/c1-3-12-37(13-4-1)39-22-28-43(29-23-39)59(44-30-24-40(25-31-44)55-57-49-18-7-9-20-53(49)61-55)45-16-11-17-46(36-45)60-51-32-26-41(38-14-5-2-6-15-38)34-47(51)48-35-42(27-33-52(48)60)56-58-50-19-8-10-21-54(50)62-56/h1-36H. The zero-order valence-electron chi connectivity index (χ0n) is 33.4. The van der Waals surface area contributed by atoms with Gasteiger partial charge in [-0.2, -0.15) is 0 Å². The molecule has 3 aromatic heterocycles. The molecule has 3 heterocycles. The fourth-order valence-electron chi connectivity index (χ4n) is 8.64. The maximum atomic E-state index is 6.27. The summed E-state index contributed by atoms with van der Waals surface area (Å²) in [7, 11) is 0. The number of fused-ring (bicyclic) bond motifs is 5. The van der Waals surface area contributed by atoms with Gasteiger partial charge in [-0.3, -0.25) is 0 Å². The van der Waals surface area contributed by atoms with Gasteiger partial charge in [-0.05, 0) is 131 Å². The Hall–Kier alpha value is -8.48. The molecule has 0 N–H and O–H groups in total. The lowest BCUT2D eigenvalue weighted by Crippen LogP contribution is -2.10. The maximum Gasteiger partial charge on any atom is 0.227 e. The van der Waals surface area contributed by atoms with Crippen LogP contribution in [0.25, 0.3) is 94.9 Å². The molecule has 12 rings (SSSR count). The van der Waals surface area contributed by atoms with Crippen molar-refractivity contribution in [2.75, 3.05) is 4.90 Å². The molecule has 12 aromatic rings. The molecular formula is C56H36N4O2. The molecule has 6 nitrogen and oxygen atoms in total. The topological polar surface area (TPSA) is 60.2 Å². The van der Waals surface area contributed by atoms with Crippen LogP contribution < -0.4 is 4.90 Å². The van der Waals surface area contributed by atoms with Crippen LogP contribution >= 0.6 is 0 Å². The zero-order valence-corrected chi connectivity index (χ0v) is 33.4. The molecular weight excluding hydrogens is 761 g/mol. The number of aromatic nitrogens is 3. The third-order valence-electron chi connectivity index (χ3n) is 11.7. The lowest BCUT2D eigenvalue weighted by molar-refractivity contribution is 0.619. The summed E-state index contributed by atoms with van der Waals surface area (Å²) in [4.78, 5) is 11.9. The van der Waals surface area contributed by atoms with Crippen molar-refractivity contribution >= 4 is 61.1 Å². The van der Waals surface area contributed by atoms with Crippen LogP contribution in [-0.2, 0) is 0 Å². The van der Waals surface area contributed by atoms with Crippen molar-refractivity contribution in [1.29, 1.82) is 0 Å². The molecule has 9 aromatic carbocycles. The Morgan fingerprint density at radius 2 is 0.806 bits per heavy atom. The van der Waals surface area contributed by atoms with Gasteiger partial charge in [0.05, 0.1) is 11.0 Å². The zero-order chi connectivity index (χ0) is 41.0. The molecule has 0 amide bonds. The monoisotopic (exact) mass is 796 g/mol. The second kappa shape index (κ2) is 14.7. The molecule has 0 bridgehead atoms. The number of para-hydroxylation sites is 4. The highest BCUT2D eigenvalue weighted by Gasteiger charge is 2.20. The van der Waals surface area contributed by atoms with Gasteiger partial charge < -0.3 is 18.3 Å². The molecule has 0 spiro atoms. The predicted molar refractivity (Wildman–Crippen MR) is 252 cm³/mol. The van der Waals surface area contributed by atoms with Crippen LogP contribution in [0.1, 0.15) is 0 Å². The van der Waals surface area contributed by atoms with E-state index in [1.165, 1.54) is 11.1 Å². The van der Waals surface area contributed by atoms with E-state index >= 15 is 0 Å². The van der Waals surface area contributed by atoms with E-state index in [2.05, 4.69) is 173 Å². The minimum atomic E-state index is 0.597. The minimum absolute atomic E-state index is 0.597. The second-order valence-corrected chi connectivity index (χ2v) is 15.5. The van der Waals surface area contributed by atoms with Gasteiger partial charge >= 0.3 is 0 Å². The van der Waals surface area contributed by atoms with Crippen LogP contribution in [0, 0.1) is 0 Å². The Bertz CT molecular complexity index is 3500. The molecule has 6 heteroatoms. The first-order chi connectivity index (χ1) is 30.7.